The number of rotatable bonds is 6. The molecule has 0 aliphatic heterocycles. The largest absolute Gasteiger partial charge is 0.480 e. The number of hydrogen-bond acceptors (Lipinski definition) is 4. The van der Waals surface area contributed by atoms with Crippen molar-refractivity contribution < 1.29 is 23.1 Å². The van der Waals surface area contributed by atoms with Crippen molar-refractivity contribution in [3.05, 3.63) is 0 Å². The zero-order chi connectivity index (χ0) is 12.1. The molecule has 88 valence electrons. The number of aliphatic carboxylic acids is 1. The molecule has 0 aromatic heterocycles. The topological polar surface area (TPSA) is 101 Å². The van der Waals surface area contributed by atoms with Crippen molar-refractivity contribution >= 4 is 21.7 Å². The molecule has 0 aliphatic rings. The van der Waals surface area contributed by atoms with E-state index in [1.54, 1.807) is 6.92 Å². The highest BCUT2D eigenvalue weighted by atomic mass is 32.2. The van der Waals surface area contributed by atoms with Gasteiger partial charge in [-0.3, -0.25) is 9.59 Å². The van der Waals surface area contributed by atoms with Gasteiger partial charge in [0.05, 0.1) is 5.75 Å². The summed E-state index contributed by atoms with van der Waals surface area (Å²) in [6.07, 6.45) is 0.435. The Labute approximate surface area is 88.6 Å². The van der Waals surface area contributed by atoms with E-state index >= 15 is 0 Å². The fourth-order valence-electron chi connectivity index (χ4n) is 0.928. The van der Waals surface area contributed by atoms with Gasteiger partial charge in [0.25, 0.3) is 0 Å². The van der Waals surface area contributed by atoms with Crippen molar-refractivity contribution in [3.8, 4) is 0 Å². The van der Waals surface area contributed by atoms with Crippen LogP contribution in [0.1, 0.15) is 20.3 Å². The molecule has 0 aromatic carbocycles. The highest BCUT2D eigenvalue weighted by molar-refractivity contribution is 7.92. The molecule has 1 atom stereocenters. The quantitative estimate of drug-likeness (QED) is 0.642. The van der Waals surface area contributed by atoms with Crippen LogP contribution in [-0.2, 0) is 19.4 Å². The zero-order valence-electron chi connectivity index (χ0n) is 8.69. The fraction of sp³-hybridized carbons (Fsp3) is 0.750. The van der Waals surface area contributed by atoms with Gasteiger partial charge in [-0.15, -0.1) is 0 Å². The lowest BCUT2D eigenvalue weighted by Gasteiger charge is -2.08. The van der Waals surface area contributed by atoms with E-state index in [0.29, 0.717) is 6.42 Å². The van der Waals surface area contributed by atoms with Crippen LogP contribution in [0.4, 0.5) is 0 Å². The van der Waals surface area contributed by atoms with Gasteiger partial charge in [-0.05, 0) is 13.3 Å². The first-order valence-electron chi connectivity index (χ1n) is 4.51. The summed E-state index contributed by atoms with van der Waals surface area (Å²) < 4.78 is 22.4. The molecule has 0 bridgehead atoms. The van der Waals surface area contributed by atoms with Crippen LogP contribution in [0, 0.1) is 0 Å². The SMILES string of the molecule is CCCS(=O)(=O)CC(=O)N[C@@H](C)C(=O)O. The maximum Gasteiger partial charge on any atom is 0.325 e. The van der Waals surface area contributed by atoms with E-state index in [1.807, 2.05) is 0 Å². The van der Waals surface area contributed by atoms with Crippen LogP contribution in [0.3, 0.4) is 0 Å². The van der Waals surface area contributed by atoms with Gasteiger partial charge in [-0.2, -0.15) is 0 Å². The molecule has 0 rings (SSSR count). The molecule has 0 aliphatic carbocycles. The number of carbonyl (C=O) groups is 2. The standard InChI is InChI=1S/C8H15NO5S/c1-3-4-15(13,14)5-7(10)9-6(2)8(11)12/h6H,3-5H2,1-2H3,(H,9,10)(H,11,12)/t6-/m0/s1. The van der Waals surface area contributed by atoms with Gasteiger partial charge in [0.15, 0.2) is 9.84 Å². The number of carboxylic acids is 1. The zero-order valence-corrected chi connectivity index (χ0v) is 9.50. The van der Waals surface area contributed by atoms with Gasteiger partial charge < -0.3 is 10.4 Å². The van der Waals surface area contributed by atoms with E-state index in [-0.39, 0.29) is 5.75 Å². The van der Waals surface area contributed by atoms with E-state index < -0.39 is 33.5 Å². The van der Waals surface area contributed by atoms with Crippen LogP contribution < -0.4 is 5.32 Å². The van der Waals surface area contributed by atoms with Gasteiger partial charge in [0.2, 0.25) is 5.91 Å². The van der Waals surface area contributed by atoms with Crippen molar-refractivity contribution in [3.63, 3.8) is 0 Å². The monoisotopic (exact) mass is 237 g/mol. The van der Waals surface area contributed by atoms with Crippen LogP contribution in [0.25, 0.3) is 0 Å². The third-order valence-electron chi connectivity index (χ3n) is 1.61. The molecule has 15 heavy (non-hydrogen) atoms. The van der Waals surface area contributed by atoms with E-state index in [0.717, 1.165) is 0 Å². The van der Waals surface area contributed by atoms with E-state index in [2.05, 4.69) is 5.32 Å². The summed E-state index contributed by atoms with van der Waals surface area (Å²) in [5.41, 5.74) is 0. The van der Waals surface area contributed by atoms with Crippen molar-refractivity contribution in [1.82, 2.24) is 5.32 Å². The Bertz CT molecular complexity index is 335. The third-order valence-corrected chi connectivity index (χ3v) is 3.35. The number of nitrogens with one attached hydrogen (secondary N) is 1. The van der Waals surface area contributed by atoms with Gasteiger partial charge in [-0.1, -0.05) is 6.92 Å². The average molecular weight is 237 g/mol. The van der Waals surface area contributed by atoms with Crippen molar-refractivity contribution in [2.75, 3.05) is 11.5 Å². The second-order valence-corrected chi connectivity index (χ2v) is 5.40. The molecule has 0 radical (unpaired) electrons. The molecule has 0 saturated heterocycles. The summed E-state index contributed by atoms with van der Waals surface area (Å²) in [7, 11) is -3.41. The van der Waals surface area contributed by atoms with E-state index in [1.165, 1.54) is 6.92 Å². The Hall–Kier alpha value is -1.11. The number of sulfone groups is 1. The lowest BCUT2D eigenvalue weighted by Crippen LogP contribution is -2.41. The summed E-state index contributed by atoms with van der Waals surface area (Å²) in [4.78, 5) is 21.5. The molecule has 0 saturated carbocycles. The molecule has 0 fully saturated rings. The Morgan fingerprint density at radius 3 is 2.33 bits per heavy atom. The first-order chi connectivity index (χ1) is 6.78. The first-order valence-corrected chi connectivity index (χ1v) is 6.33. The summed E-state index contributed by atoms with van der Waals surface area (Å²) in [6.45, 7) is 2.96. The van der Waals surface area contributed by atoms with Crippen LogP contribution in [-0.4, -0.2) is 42.9 Å². The summed E-state index contributed by atoms with van der Waals surface area (Å²) in [6, 6.07) is -1.07. The first kappa shape index (κ1) is 13.9. The molecule has 0 heterocycles. The Morgan fingerprint density at radius 1 is 1.40 bits per heavy atom. The Kier molecular flexibility index (Phi) is 5.27. The normalized spacial score (nSPS) is 13.2. The lowest BCUT2D eigenvalue weighted by atomic mass is 10.3. The molecular formula is C8H15NO5S. The lowest BCUT2D eigenvalue weighted by molar-refractivity contribution is -0.140. The summed E-state index contributed by atoms with van der Waals surface area (Å²) in [5.74, 6) is -2.70. The van der Waals surface area contributed by atoms with Crippen LogP contribution >= 0.6 is 0 Å². The van der Waals surface area contributed by atoms with Crippen LogP contribution in [0.15, 0.2) is 0 Å². The smallest absolute Gasteiger partial charge is 0.325 e. The minimum Gasteiger partial charge on any atom is -0.480 e. The molecule has 7 heteroatoms. The summed E-state index contributed by atoms with van der Waals surface area (Å²) in [5, 5.41) is 10.5. The maximum atomic E-state index is 11.2. The van der Waals surface area contributed by atoms with Crippen molar-refractivity contribution in [2.24, 2.45) is 0 Å². The molecular weight excluding hydrogens is 222 g/mol. The molecule has 0 unspecified atom stereocenters. The maximum absolute atomic E-state index is 11.2. The molecule has 0 spiro atoms. The average Bonchev–Trinajstić information content (AvgIpc) is 2.01. The number of hydrogen-bond donors (Lipinski definition) is 2. The van der Waals surface area contributed by atoms with Crippen molar-refractivity contribution in [1.29, 1.82) is 0 Å². The number of carboxylic acid groups (broad SMARTS) is 1. The second-order valence-electron chi connectivity index (χ2n) is 3.22. The molecule has 6 nitrogen and oxygen atoms in total. The van der Waals surface area contributed by atoms with Gasteiger partial charge in [-0.25, -0.2) is 8.42 Å². The number of carbonyl (C=O) groups excluding carboxylic acids is 1. The minimum atomic E-state index is -3.41. The molecule has 0 aromatic rings. The van der Waals surface area contributed by atoms with Crippen LogP contribution in [0.2, 0.25) is 0 Å². The van der Waals surface area contributed by atoms with Gasteiger partial charge >= 0.3 is 5.97 Å². The Balaban J connectivity index is 4.21. The molecule has 1 amide bonds. The fourth-order valence-corrected chi connectivity index (χ4v) is 2.18. The van der Waals surface area contributed by atoms with Crippen LogP contribution in [0.5, 0.6) is 0 Å². The molecule has 2 N–H and O–H groups in total. The Morgan fingerprint density at radius 2 is 1.93 bits per heavy atom. The van der Waals surface area contributed by atoms with Crippen molar-refractivity contribution in [2.45, 2.75) is 26.3 Å². The highest BCUT2D eigenvalue weighted by Gasteiger charge is 2.19. The van der Waals surface area contributed by atoms with E-state index in [9.17, 15) is 18.0 Å². The second kappa shape index (κ2) is 5.69. The summed E-state index contributed by atoms with van der Waals surface area (Å²) >= 11 is 0. The van der Waals surface area contributed by atoms with E-state index in [4.69, 9.17) is 5.11 Å². The number of amides is 1. The predicted octanol–water partition coefficient (Wildman–Crippen LogP) is -0.599. The predicted molar refractivity (Wildman–Crippen MR) is 54.2 cm³/mol. The van der Waals surface area contributed by atoms with Gasteiger partial charge in [0.1, 0.15) is 11.8 Å². The third kappa shape index (κ3) is 6.05. The van der Waals surface area contributed by atoms with Gasteiger partial charge in [0, 0.05) is 0 Å². The highest BCUT2D eigenvalue weighted by Crippen LogP contribution is 1.94. The minimum absolute atomic E-state index is 0.0676.